The summed E-state index contributed by atoms with van der Waals surface area (Å²) in [5.74, 6) is 2.14. The quantitative estimate of drug-likeness (QED) is 0.686. The molecule has 2 heterocycles. The normalized spacial score (nSPS) is 19.2. The molecular formula is C23H30N4OS. The Morgan fingerprint density at radius 2 is 2.07 bits per heavy atom. The van der Waals surface area contributed by atoms with Gasteiger partial charge in [0.15, 0.2) is 5.69 Å². The van der Waals surface area contributed by atoms with Crippen molar-refractivity contribution in [3.05, 3.63) is 65.5 Å². The van der Waals surface area contributed by atoms with Crippen LogP contribution >= 0.6 is 11.8 Å². The Hall–Kier alpha value is -2.05. The zero-order valence-electron chi connectivity index (χ0n) is 17.2. The highest BCUT2D eigenvalue weighted by molar-refractivity contribution is 7.99. The molecule has 1 unspecified atom stereocenters. The fraction of sp³-hybridized carbons (Fsp3) is 0.478. The van der Waals surface area contributed by atoms with Crippen LogP contribution in [0.4, 0.5) is 0 Å². The van der Waals surface area contributed by atoms with Gasteiger partial charge in [0.2, 0.25) is 0 Å². The molecule has 2 aromatic rings. The van der Waals surface area contributed by atoms with Gasteiger partial charge in [0.25, 0.3) is 5.91 Å². The second-order valence-electron chi connectivity index (χ2n) is 7.95. The summed E-state index contributed by atoms with van der Waals surface area (Å²) in [6, 6.07) is 11.0. The van der Waals surface area contributed by atoms with E-state index in [1.807, 2.05) is 27.4 Å². The van der Waals surface area contributed by atoms with Crippen molar-refractivity contribution in [2.45, 2.75) is 38.4 Å². The van der Waals surface area contributed by atoms with Gasteiger partial charge in [-0.2, -0.15) is 16.9 Å². The van der Waals surface area contributed by atoms with Crippen LogP contribution in [0.2, 0.25) is 0 Å². The predicted octanol–water partition coefficient (Wildman–Crippen LogP) is 3.25. The Balaban J connectivity index is 1.56. The lowest BCUT2D eigenvalue weighted by atomic mass is 9.90. The monoisotopic (exact) mass is 410 g/mol. The van der Waals surface area contributed by atoms with Crippen LogP contribution in [0.3, 0.4) is 0 Å². The Kier molecular flexibility index (Phi) is 6.40. The van der Waals surface area contributed by atoms with E-state index in [0.717, 1.165) is 56.0 Å². The van der Waals surface area contributed by atoms with Crippen LogP contribution in [0, 0.1) is 0 Å². The average molecular weight is 411 g/mol. The molecule has 0 N–H and O–H groups in total. The first kappa shape index (κ1) is 20.2. The molecule has 154 valence electrons. The van der Waals surface area contributed by atoms with Crippen molar-refractivity contribution in [2.24, 2.45) is 0 Å². The van der Waals surface area contributed by atoms with Crippen LogP contribution in [0.25, 0.3) is 0 Å². The number of likely N-dealkylation sites (N-methyl/N-ethyl adjacent to an activating group) is 1. The summed E-state index contributed by atoms with van der Waals surface area (Å²) < 4.78 is 2.00. The third-order valence-corrected chi connectivity index (χ3v) is 6.96. The summed E-state index contributed by atoms with van der Waals surface area (Å²) in [6.45, 7) is 7.11. The van der Waals surface area contributed by atoms with Crippen molar-refractivity contribution in [1.82, 2.24) is 19.6 Å². The molecule has 0 bridgehead atoms. The van der Waals surface area contributed by atoms with Gasteiger partial charge in [0.05, 0.1) is 6.54 Å². The first-order chi connectivity index (χ1) is 14.2. The summed E-state index contributed by atoms with van der Waals surface area (Å²) in [4.78, 5) is 17.7. The number of amides is 1. The predicted molar refractivity (Wildman–Crippen MR) is 119 cm³/mol. The second-order valence-corrected chi connectivity index (χ2v) is 9.17. The number of aromatic nitrogens is 2. The minimum atomic E-state index is 0.107. The van der Waals surface area contributed by atoms with Gasteiger partial charge in [-0.3, -0.25) is 14.4 Å². The van der Waals surface area contributed by atoms with E-state index in [-0.39, 0.29) is 5.91 Å². The molecule has 29 heavy (non-hydrogen) atoms. The molecule has 1 aromatic heterocycles. The standard InChI is InChI=1S/C23H30N4OS/c1-3-11-27-21-10-9-19(25(2)17-18-7-5-4-6-8-18)16-20(21)22(24-27)23(28)26-12-14-29-15-13-26/h3-8,19H,1,9-17H2,2H3. The van der Waals surface area contributed by atoms with Crippen LogP contribution < -0.4 is 0 Å². The molecule has 0 radical (unpaired) electrons. The van der Waals surface area contributed by atoms with E-state index in [1.165, 1.54) is 11.3 Å². The molecule has 5 nitrogen and oxygen atoms in total. The van der Waals surface area contributed by atoms with E-state index in [1.54, 1.807) is 0 Å². The Morgan fingerprint density at radius 1 is 1.31 bits per heavy atom. The average Bonchev–Trinajstić information content (AvgIpc) is 3.12. The van der Waals surface area contributed by atoms with Crippen LogP contribution in [-0.2, 0) is 25.9 Å². The number of thioether (sulfide) groups is 1. The Morgan fingerprint density at radius 3 is 2.79 bits per heavy atom. The van der Waals surface area contributed by atoms with Crippen LogP contribution in [0.5, 0.6) is 0 Å². The first-order valence-corrected chi connectivity index (χ1v) is 11.6. The largest absolute Gasteiger partial charge is 0.336 e. The summed E-state index contributed by atoms with van der Waals surface area (Å²) in [5.41, 5.74) is 4.38. The number of hydrogen-bond acceptors (Lipinski definition) is 4. The number of fused-ring (bicyclic) bond motifs is 1. The number of rotatable bonds is 6. The number of carbonyl (C=O) groups is 1. The minimum Gasteiger partial charge on any atom is -0.336 e. The number of nitrogens with zero attached hydrogens (tertiary/aromatic N) is 4. The molecule has 1 aromatic carbocycles. The molecule has 4 rings (SSSR count). The molecule has 1 saturated heterocycles. The summed E-state index contributed by atoms with van der Waals surface area (Å²) in [7, 11) is 2.19. The molecule has 1 aliphatic heterocycles. The Bertz CT molecular complexity index is 857. The summed E-state index contributed by atoms with van der Waals surface area (Å²) in [5, 5.41) is 4.76. The van der Waals surface area contributed by atoms with Gasteiger partial charge < -0.3 is 4.90 Å². The summed E-state index contributed by atoms with van der Waals surface area (Å²) in [6.07, 6.45) is 4.81. The first-order valence-electron chi connectivity index (χ1n) is 10.5. The number of allylic oxidation sites excluding steroid dienone is 1. The molecule has 0 saturated carbocycles. The van der Waals surface area contributed by atoms with E-state index < -0.39 is 0 Å². The highest BCUT2D eigenvalue weighted by Crippen LogP contribution is 2.29. The van der Waals surface area contributed by atoms with Crippen LogP contribution in [0.1, 0.15) is 33.7 Å². The lowest BCUT2D eigenvalue weighted by Crippen LogP contribution is -2.40. The topological polar surface area (TPSA) is 41.4 Å². The van der Waals surface area contributed by atoms with Gasteiger partial charge in [0.1, 0.15) is 0 Å². The molecule has 1 fully saturated rings. The number of benzene rings is 1. The molecule has 1 amide bonds. The molecule has 0 spiro atoms. The Labute approximate surface area is 177 Å². The van der Waals surface area contributed by atoms with Gasteiger partial charge in [-0.05, 0) is 31.9 Å². The van der Waals surface area contributed by atoms with E-state index in [2.05, 4.69) is 48.9 Å². The van der Waals surface area contributed by atoms with E-state index >= 15 is 0 Å². The smallest absolute Gasteiger partial charge is 0.274 e. The molecular weight excluding hydrogens is 380 g/mol. The van der Waals surface area contributed by atoms with Crippen molar-refractivity contribution in [3.8, 4) is 0 Å². The third-order valence-electron chi connectivity index (χ3n) is 6.02. The van der Waals surface area contributed by atoms with Crippen molar-refractivity contribution in [1.29, 1.82) is 0 Å². The van der Waals surface area contributed by atoms with Gasteiger partial charge in [-0.15, -0.1) is 6.58 Å². The van der Waals surface area contributed by atoms with Crippen LogP contribution in [-0.4, -0.2) is 63.2 Å². The van der Waals surface area contributed by atoms with Crippen molar-refractivity contribution in [3.63, 3.8) is 0 Å². The fourth-order valence-corrected chi connectivity index (χ4v) is 5.31. The maximum Gasteiger partial charge on any atom is 0.274 e. The SMILES string of the molecule is C=CCn1nc(C(=O)N2CCSCC2)c2c1CCC(N(C)Cc1ccccc1)C2. The number of carbonyl (C=O) groups excluding carboxylic acids is 1. The lowest BCUT2D eigenvalue weighted by molar-refractivity contribution is 0.0763. The van der Waals surface area contributed by atoms with Gasteiger partial charge in [-0.25, -0.2) is 0 Å². The second kappa shape index (κ2) is 9.18. The van der Waals surface area contributed by atoms with E-state index in [4.69, 9.17) is 5.10 Å². The molecule has 1 atom stereocenters. The van der Waals surface area contributed by atoms with Gasteiger partial charge >= 0.3 is 0 Å². The maximum absolute atomic E-state index is 13.3. The number of hydrogen-bond donors (Lipinski definition) is 0. The highest BCUT2D eigenvalue weighted by atomic mass is 32.2. The zero-order chi connectivity index (χ0) is 20.2. The maximum atomic E-state index is 13.3. The van der Waals surface area contributed by atoms with E-state index in [0.29, 0.717) is 18.3 Å². The fourth-order valence-electron chi connectivity index (χ4n) is 4.41. The summed E-state index contributed by atoms with van der Waals surface area (Å²) >= 11 is 1.92. The van der Waals surface area contributed by atoms with Crippen molar-refractivity contribution >= 4 is 17.7 Å². The molecule has 6 heteroatoms. The third kappa shape index (κ3) is 4.43. The zero-order valence-corrected chi connectivity index (χ0v) is 18.0. The van der Waals surface area contributed by atoms with Crippen molar-refractivity contribution < 1.29 is 4.79 Å². The molecule has 1 aliphatic carbocycles. The van der Waals surface area contributed by atoms with Crippen LogP contribution in [0.15, 0.2) is 43.0 Å². The van der Waals surface area contributed by atoms with Crippen molar-refractivity contribution in [2.75, 3.05) is 31.6 Å². The lowest BCUT2D eigenvalue weighted by Gasteiger charge is -2.32. The van der Waals surface area contributed by atoms with Gasteiger partial charge in [0, 0.05) is 48.4 Å². The minimum absolute atomic E-state index is 0.107. The highest BCUT2D eigenvalue weighted by Gasteiger charge is 2.32. The van der Waals surface area contributed by atoms with Gasteiger partial charge in [-0.1, -0.05) is 36.4 Å². The molecule has 2 aliphatic rings. The van der Waals surface area contributed by atoms with E-state index in [9.17, 15) is 4.79 Å².